The molecule has 0 unspecified atom stereocenters. The van der Waals surface area contributed by atoms with Crippen LogP contribution in [0.5, 0.6) is 0 Å². The number of ketones is 1. The molecule has 7 nitrogen and oxygen atoms in total. The summed E-state index contributed by atoms with van der Waals surface area (Å²) in [5.41, 5.74) is 3.58. The van der Waals surface area contributed by atoms with E-state index in [1.807, 2.05) is 12.1 Å². The summed E-state index contributed by atoms with van der Waals surface area (Å²) in [7, 11) is 0. The maximum absolute atomic E-state index is 12.9. The van der Waals surface area contributed by atoms with Gasteiger partial charge in [-0.05, 0) is 36.1 Å². The Labute approximate surface area is 182 Å². The zero-order valence-corrected chi connectivity index (χ0v) is 17.4. The van der Waals surface area contributed by atoms with Gasteiger partial charge in [0.1, 0.15) is 0 Å². The average Bonchev–Trinajstić information content (AvgIpc) is 3.37. The predicted octanol–water partition coefficient (Wildman–Crippen LogP) is 2.82. The van der Waals surface area contributed by atoms with Crippen molar-refractivity contribution in [2.45, 2.75) is 31.7 Å². The zero-order chi connectivity index (χ0) is 21.4. The number of rotatable bonds is 4. The molecule has 1 aromatic carbocycles. The quantitative estimate of drug-likeness (QED) is 0.660. The molecule has 0 spiro atoms. The van der Waals surface area contributed by atoms with Gasteiger partial charge in [-0.3, -0.25) is 24.7 Å². The SMILES string of the molecule is O=C(Nc1nc2c(s1)C(=O)C[C@H](C(=O)NC1Cc3ccccc3C1)C2)c1ccncc1. The number of anilines is 1. The molecule has 2 amide bonds. The van der Waals surface area contributed by atoms with Gasteiger partial charge in [0.25, 0.3) is 5.91 Å². The van der Waals surface area contributed by atoms with Gasteiger partial charge in [-0.15, -0.1) is 0 Å². The van der Waals surface area contributed by atoms with Gasteiger partial charge >= 0.3 is 0 Å². The summed E-state index contributed by atoms with van der Waals surface area (Å²) in [6.45, 7) is 0. The summed E-state index contributed by atoms with van der Waals surface area (Å²) in [6.07, 6.45) is 5.27. The molecule has 1 atom stereocenters. The van der Waals surface area contributed by atoms with Crippen molar-refractivity contribution in [1.82, 2.24) is 15.3 Å². The lowest BCUT2D eigenvalue weighted by atomic mass is 9.89. The van der Waals surface area contributed by atoms with E-state index in [0.717, 1.165) is 24.2 Å². The Morgan fingerprint density at radius 1 is 0.968 bits per heavy atom. The fraction of sp³-hybridized carbons (Fsp3) is 0.261. The van der Waals surface area contributed by atoms with Crippen LogP contribution in [0.4, 0.5) is 5.13 Å². The largest absolute Gasteiger partial charge is 0.352 e. The van der Waals surface area contributed by atoms with Crippen molar-refractivity contribution in [3.63, 3.8) is 0 Å². The summed E-state index contributed by atoms with van der Waals surface area (Å²) < 4.78 is 0. The number of Topliss-reactive ketones (excluding diaryl/α,β-unsaturated/α-hetero) is 1. The van der Waals surface area contributed by atoms with Gasteiger partial charge < -0.3 is 5.32 Å². The highest BCUT2D eigenvalue weighted by Gasteiger charge is 2.34. The summed E-state index contributed by atoms with van der Waals surface area (Å²) in [5.74, 6) is -0.948. The van der Waals surface area contributed by atoms with Crippen molar-refractivity contribution < 1.29 is 14.4 Å². The third kappa shape index (κ3) is 3.98. The Morgan fingerprint density at radius 2 is 1.68 bits per heavy atom. The predicted molar refractivity (Wildman–Crippen MR) is 116 cm³/mol. The number of fused-ring (bicyclic) bond motifs is 2. The van der Waals surface area contributed by atoms with E-state index in [9.17, 15) is 14.4 Å². The molecule has 0 saturated heterocycles. The molecular weight excluding hydrogens is 412 g/mol. The number of benzene rings is 1. The Bertz CT molecular complexity index is 1150. The van der Waals surface area contributed by atoms with Crippen molar-refractivity contribution in [1.29, 1.82) is 0 Å². The van der Waals surface area contributed by atoms with Crippen LogP contribution in [0.15, 0.2) is 48.8 Å². The zero-order valence-electron chi connectivity index (χ0n) is 16.6. The van der Waals surface area contributed by atoms with Crippen molar-refractivity contribution in [3.05, 3.63) is 76.1 Å². The molecule has 2 aliphatic carbocycles. The molecule has 0 saturated carbocycles. The van der Waals surface area contributed by atoms with Gasteiger partial charge in [0.05, 0.1) is 16.5 Å². The van der Waals surface area contributed by atoms with E-state index in [0.29, 0.717) is 27.7 Å². The van der Waals surface area contributed by atoms with E-state index in [4.69, 9.17) is 0 Å². The van der Waals surface area contributed by atoms with E-state index in [2.05, 4.69) is 32.7 Å². The fourth-order valence-corrected chi connectivity index (χ4v) is 5.16. The normalized spacial score (nSPS) is 17.7. The van der Waals surface area contributed by atoms with Gasteiger partial charge in [-0.1, -0.05) is 35.6 Å². The van der Waals surface area contributed by atoms with Gasteiger partial charge in [0.2, 0.25) is 5.91 Å². The number of carbonyl (C=O) groups excluding carboxylic acids is 3. The standard InChI is InChI=1S/C23H20N4O3S/c28-19-12-16(22(30)25-17-9-14-3-1-2-4-15(14)10-17)11-18-20(19)31-23(26-18)27-21(29)13-5-7-24-8-6-13/h1-8,16-17H,9-12H2,(H,25,30)(H,26,27,29)/t16-/m1/s1. The molecular formula is C23H20N4O3S. The molecule has 5 rings (SSSR count). The topological polar surface area (TPSA) is 101 Å². The van der Waals surface area contributed by atoms with Crippen LogP contribution in [0.1, 0.15) is 43.3 Å². The van der Waals surface area contributed by atoms with E-state index < -0.39 is 5.92 Å². The minimum atomic E-state index is -0.436. The molecule has 0 aliphatic heterocycles. The number of aromatic nitrogens is 2. The second kappa shape index (κ2) is 8.03. The van der Waals surface area contributed by atoms with Gasteiger partial charge in [0.15, 0.2) is 10.9 Å². The number of hydrogen-bond acceptors (Lipinski definition) is 6. The van der Waals surface area contributed by atoms with Crippen molar-refractivity contribution in [3.8, 4) is 0 Å². The summed E-state index contributed by atoms with van der Waals surface area (Å²) in [5, 5.41) is 6.22. The number of hydrogen-bond donors (Lipinski definition) is 2. The number of amides is 2. The van der Waals surface area contributed by atoms with Crippen molar-refractivity contribution >= 4 is 34.1 Å². The first kappa shape index (κ1) is 19.6. The van der Waals surface area contributed by atoms with Gasteiger partial charge in [0, 0.05) is 36.8 Å². The Hall–Kier alpha value is -3.39. The minimum absolute atomic E-state index is 0.0621. The fourth-order valence-electron chi connectivity index (χ4n) is 4.22. The number of pyridine rings is 1. The minimum Gasteiger partial charge on any atom is -0.352 e. The number of thiazole rings is 1. The summed E-state index contributed by atoms with van der Waals surface area (Å²) in [4.78, 5) is 46.7. The van der Waals surface area contributed by atoms with Crippen LogP contribution in [-0.2, 0) is 24.1 Å². The van der Waals surface area contributed by atoms with Crippen LogP contribution in [0, 0.1) is 5.92 Å². The molecule has 31 heavy (non-hydrogen) atoms. The van der Waals surface area contributed by atoms with E-state index in [-0.39, 0.29) is 30.1 Å². The Balaban J connectivity index is 1.24. The van der Waals surface area contributed by atoms with Crippen LogP contribution in [0.2, 0.25) is 0 Å². The molecule has 8 heteroatoms. The highest BCUT2D eigenvalue weighted by Crippen LogP contribution is 2.33. The molecule has 0 bridgehead atoms. The average molecular weight is 433 g/mol. The molecule has 0 fully saturated rings. The van der Waals surface area contributed by atoms with E-state index in [1.165, 1.54) is 23.5 Å². The monoisotopic (exact) mass is 432 g/mol. The lowest BCUT2D eigenvalue weighted by Gasteiger charge is -2.22. The number of nitrogens with one attached hydrogen (secondary N) is 2. The Morgan fingerprint density at radius 3 is 2.39 bits per heavy atom. The second-order valence-corrected chi connectivity index (χ2v) is 8.89. The van der Waals surface area contributed by atoms with Crippen molar-refractivity contribution in [2.75, 3.05) is 5.32 Å². The Kier molecular flexibility index (Phi) is 5.07. The second-order valence-electron chi connectivity index (χ2n) is 7.90. The molecule has 2 heterocycles. The first-order valence-electron chi connectivity index (χ1n) is 10.2. The van der Waals surface area contributed by atoms with Crippen LogP contribution in [0.3, 0.4) is 0 Å². The van der Waals surface area contributed by atoms with E-state index >= 15 is 0 Å². The van der Waals surface area contributed by atoms with Gasteiger partial charge in [-0.25, -0.2) is 4.98 Å². The molecule has 2 N–H and O–H groups in total. The highest BCUT2D eigenvalue weighted by atomic mass is 32.1. The maximum atomic E-state index is 12.9. The van der Waals surface area contributed by atoms with Crippen LogP contribution in [0.25, 0.3) is 0 Å². The lowest BCUT2D eigenvalue weighted by molar-refractivity contribution is -0.125. The lowest BCUT2D eigenvalue weighted by Crippen LogP contribution is -2.41. The number of carbonyl (C=O) groups is 3. The molecule has 2 aliphatic rings. The maximum Gasteiger partial charge on any atom is 0.257 e. The number of nitrogens with zero attached hydrogens (tertiary/aromatic N) is 2. The van der Waals surface area contributed by atoms with Crippen LogP contribution in [-0.4, -0.2) is 33.6 Å². The smallest absolute Gasteiger partial charge is 0.257 e. The van der Waals surface area contributed by atoms with Crippen LogP contribution < -0.4 is 10.6 Å². The summed E-state index contributed by atoms with van der Waals surface area (Å²) in [6, 6.07) is 11.5. The molecule has 156 valence electrons. The van der Waals surface area contributed by atoms with Crippen LogP contribution >= 0.6 is 11.3 Å². The van der Waals surface area contributed by atoms with E-state index in [1.54, 1.807) is 12.1 Å². The molecule has 0 radical (unpaired) electrons. The first-order valence-corrected chi connectivity index (χ1v) is 11.0. The third-order valence-electron chi connectivity index (χ3n) is 5.75. The first-order chi connectivity index (χ1) is 15.1. The third-order valence-corrected chi connectivity index (χ3v) is 6.81. The molecule has 3 aromatic rings. The molecule has 2 aromatic heterocycles. The highest BCUT2D eigenvalue weighted by molar-refractivity contribution is 7.17. The summed E-state index contributed by atoms with van der Waals surface area (Å²) >= 11 is 1.16. The van der Waals surface area contributed by atoms with Crippen molar-refractivity contribution in [2.24, 2.45) is 5.92 Å². The van der Waals surface area contributed by atoms with Gasteiger partial charge in [-0.2, -0.15) is 0 Å².